The van der Waals surface area contributed by atoms with Crippen LogP contribution < -0.4 is 0 Å². The maximum absolute atomic E-state index is 5.85. The van der Waals surface area contributed by atoms with E-state index in [9.17, 15) is 0 Å². The van der Waals surface area contributed by atoms with E-state index in [-0.39, 0.29) is 0 Å². The van der Waals surface area contributed by atoms with Gasteiger partial charge in [0.2, 0.25) is 0 Å². The number of nitrogens with zero attached hydrogens (tertiary/aromatic N) is 3. The van der Waals surface area contributed by atoms with E-state index in [0.717, 1.165) is 58.9 Å². The molecule has 0 aliphatic rings. The van der Waals surface area contributed by atoms with Crippen molar-refractivity contribution in [3.05, 3.63) is 0 Å². The first-order valence-electron chi connectivity index (χ1n) is 10.2. The highest BCUT2D eigenvalue weighted by atomic mass is 16.8. The van der Waals surface area contributed by atoms with Gasteiger partial charge in [-0.05, 0) is 39.3 Å². The lowest BCUT2D eigenvalue weighted by Crippen LogP contribution is -2.34. The Kier molecular flexibility index (Phi) is 17.0. The first-order valence-corrected chi connectivity index (χ1v) is 10.2. The second-order valence-electron chi connectivity index (χ2n) is 5.98. The van der Waals surface area contributed by atoms with Crippen LogP contribution in [0.3, 0.4) is 0 Å². The Hall–Kier alpha value is -0.240. The maximum atomic E-state index is 5.85. The summed E-state index contributed by atoms with van der Waals surface area (Å²) in [6.45, 7) is 23.3. The molecule has 0 spiro atoms. The molecular weight excluding hydrogens is 318 g/mol. The molecule has 0 aromatic heterocycles. The summed E-state index contributed by atoms with van der Waals surface area (Å²) in [5.74, 6) is 0. The predicted octanol–water partition coefficient (Wildman–Crippen LogP) is 2.35. The summed E-state index contributed by atoms with van der Waals surface area (Å²) >= 11 is 0. The third-order valence-corrected chi connectivity index (χ3v) is 4.67. The Labute approximate surface area is 156 Å². The minimum atomic E-state index is -0.568. The Bertz CT molecular complexity index is 228. The molecule has 0 amide bonds. The highest BCUT2D eigenvalue weighted by Crippen LogP contribution is 2.01. The van der Waals surface area contributed by atoms with Gasteiger partial charge in [0.25, 0.3) is 6.48 Å². The zero-order valence-corrected chi connectivity index (χ0v) is 17.6. The average molecular weight is 362 g/mol. The van der Waals surface area contributed by atoms with E-state index in [4.69, 9.17) is 14.2 Å². The molecule has 152 valence electrons. The van der Waals surface area contributed by atoms with Crippen molar-refractivity contribution in [2.75, 3.05) is 78.7 Å². The van der Waals surface area contributed by atoms with Crippen molar-refractivity contribution in [3.63, 3.8) is 0 Å². The Balaban J connectivity index is 4.24. The number of hydrogen-bond donors (Lipinski definition) is 0. The van der Waals surface area contributed by atoms with Gasteiger partial charge >= 0.3 is 0 Å². The Morgan fingerprint density at radius 2 is 0.720 bits per heavy atom. The second-order valence-corrected chi connectivity index (χ2v) is 5.98. The van der Waals surface area contributed by atoms with Crippen molar-refractivity contribution >= 4 is 0 Å². The van der Waals surface area contributed by atoms with E-state index in [2.05, 4.69) is 56.2 Å². The highest BCUT2D eigenvalue weighted by molar-refractivity contribution is 4.53. The smallest absolute Gasteiger partial charge is 0.271 e. The van der Waals surface area contributed by atoms with Gasteiger partial charge in [0, 0.05) is 19.6 Å². The molecule has 0 aliphatic carbocycles. The van der Waals surface area contributed by atoms with Crippen LogP contribution in [-0.2, 0) is 14.2 Å². The van der Waals surface area contributed by atoms with Gasteiger partial charge in [-0.2, -0.15) is 0 Å². The molecule has 6 heteroatoms. The topological polar surface area (TPSA) is 37.4 Å². The van der Waals surface area contributed by atoms with E-state index in [0.29, 0.717) is 19.8 Å². The van der Waals surface area contributed by atoms with Crippen LogP contribution in [0.4, 0.5) is 0 Å². The second kappa shape index (κ2) is 17.2. The summed E-state index contributed by atoms with van der Waals surface area (Å²) in [4.78, 5) is 7.01. The summed E-state index contributed by atoms with van der Waals surface area (Å²) < 4.78 is 17.6. The SMILES string of the molecule is CCN(CC)CCOC(OCCN(CC)CC)OCCN(CC)CC. The first-order chi connectivity index (χ1) is 12.1. The number of ether oxygens (including phenoxy) is 3. The molecule has 0 radical (unpaired) electrons. The standard InChI is InChI=1S/C19H43N3O3/c1-7-20(8-2)13-16-23-19(24-17-14-21(9-3)10-4)25-18-15-22(11-5)12-6/h19H,7-18H2,1-6H3. The molecule has 0 rings (SSSR count). The minimum Gasteiger partial charge on any atom is -0.329 e. The van der Waals surface area contributed by atoms with E-state index < -0.39 is 6.48 Å². The van der Waals surface area contributed by atoms with Crippen molar-refractivity contribution in [2.24, 2.45) is 0 Å². The van der Waals surface area contributed by atoms with Crippen LogP contribution in [-0.4, -0.2) is 99.9 Å². The van der Waals surface area contributed by atoms with Crippen molar-refractivity contribution in [3.8, 4) is 0 Å². The molecule has 0 fully saturated rings. The molecule has 0 heterocycles. The van der Waals surface area contributed by atoms with Gasteiger partial charge in [0.15, 0.2) is 0 Å². The fourth-order valence-corrected chi connectivity index (χ4v) is 2.60. The van der Waals surface area contributed by atoms with E-state index in [1.807, 2.05) is 0 Å². The zero-order valence-electron chi connectivity index (χ0n) is 17.6. The monoisotopic (exact) mass is 361 g/mol. The van der Waals surface area contributed by atoms with Gasteiger partial charge in [0.1, 0.15) is 0 Å². The van der Waals surface area contributed by atoms with Gasteiger partial charge in [-0.25, -0.2) is 0 Å². The van der Waals surface area contributed by atoms with Gasteiger partial charge in [-0.3, -0.25) is 0 Å². The summed E-state index contributed by atoms with van der Waals surface area (Å²) in [5.41, 5.74) is 0. The highest BCUT2D eigenvalue weighted by Gasteiger charge is 2.12. The summed E-state index contributed by atoms with van der Waals surface area (Å²) in [6, 6.07) is 0. The van der Waals surface area contributed by atoms with Gasteiger partial charge < -0.3 is 28.9 Å². The zero-order chi connectivity index (χ0) is 18.9. The molecule has 0 aromatic carbocycles. The molecule has 25 heavy (non-hydrogen) atoms. The molecule has 6 nitrogen and oxygen atoms in total. The molecule has 0 saturated carbocycles. The third-order valence-electron chi connectivity index (χ3n) is 4.67. The maximum Gasteiger partial charge on any atom is 0.271 e. The molecule has 0 bridgehead atoms. The normalized spacial score (nSPS) is 12.2. The fourth-order valence-electron chi connectivity index (χ4n) is 2.60. The Morgan fingerprint density at radius 1 is 0.480 bits per heavy atom. The van der Waals surface area contributed by atoms with Crippen molar-refractivity contribution < 1.29 is 14.2 Å². The summed E-state index contributed by atoms with van der Waals surface area (Å²) in [6.07, 6.45) is 0. The molecule has 0 aliphatic heterocycles. The molecule has 0 aromatic rings. The first kappa shape index (κ1) is 24.8. The van der Waals surface area contributed by atoms with Crippen LogP contribution in [0.2, 0.25) is 0 Å². The summed E-state index contributed by atoms with van der Waals surface area (Å²) in [7, 11) is 0. The molecular formula is C19H43N3O3. The van der Waals surface area contributed by atoms with Crippen LogP contribution in [0.15, 0.2) is 0 Å². The van der Waals surface area contributed by atoms with Gasteiger partial charge in [0.05, 0.1) is 19.8 Å². The summed E-state index contributed by atoms with van der Waals surface area (Å²) in [5, 5.41) is 0. The van der Waals surface area contributed by atoms with Crippen LogP contribution in [0.25, 0.3) is 0 Å². The number of likely N-dealkylation sites (N-methyl/N-ethyl adjacent to an activating group) is 3. The molecule has 0 unspecified atom stereocenters. The number of rotatable bonds is 18. The van der Waals surface area contributed by atoms with Gasteiger partial charge in [-0.1, -0.05) is 41.5 Å². The predicted molar refractivity (Wildman–Crippen MR) is 105 cm³/mol. The molecule has 0 N–H and O–H groups in total. The average Bonchev–Trinajstić information content (AvgIpc) is 2.65. The van der Waals surface area contributed by atoms with Crippen LogP contribution in [0.5, 0.6) is 0 Å². The minimum absolute atomic E-state index is 0.568. The van der Waals surface area contributed by atoms with E-state index >= 15 is 0 Å². The molecule has 0 atom stereocenters. The van der Waals surface area contributed by atoms with Gasteiger partial charge in [-0.15, -0.1) is 0 Å². The quantitative estimate of drug-likeness (QED) is 0.349. The van der Waals surface area contributed by atoms with Crippen molar-refractivity contribution in [1.29, 1.82) is 0 Å². The lowest BCUT2D eigenvalue weighted by atomic mass is 10.5. The largest absolute Gasteiger partial charge is 0.329 e. The Morgan fingerprint density at radius 3 is 0.920 bits per heavy atom. The van der Waals surface area contributed by atoms with Crippen LogP contribution in [0.1, 0.15) is 41.5 Å². The van der Waals surface area contributed by atoms with Crippen LogP contribution in [0, 0.1) is 0 Å². The number of hydrogen-bond acceptors (Lipinski definition) is 6. The van der Waals surface area contributed by atoms with Crippen LogP contribution >= 0.6 is 0 Å². The lowest BCUT2D eigenvalue weighted by Gasteiger charge is -2.25. The fraction of sp³-hybridized carbons (Fsp3) is 1.00. The third kappa shape index (κ3) is 12.7. The molecule has 0 saturated heterocycles. The van der Waals surface area contributed by atoms with Crippen molar-refractivity contribution in [2.45, 2.75) is 48.0 Å². The lowest BCUT2D eigenvalue weighted by molar-refractivity contribution is -0.289. The van der Waals surface area contributed by atoms with E-state index in [1.54, 1.807) is 0 Å². The van der Waals surface area contributed by atoms with E-state index in [1.165, 1.54) is 0 Å². The van der Waals surface area contributed by atoms with Crippen molar-refractivity contribution in [1.82, 2.24) is 14.7 Å².